The predicted molar refractivity (Wildman–Crippen MR) is 117 cm³/mol. The van der Waals surface area contributed by atoms with E-state index >= 15 is 0 Å². The molecule has 0 bridgehead atoms. The molecule has 0 spiro atoms. The summed E-state index contributed by atoms with van der Waals surface area (Å²) in [6.07, 6.45) is 3.94. The highest BCUT2D eigenvalue weighted by Crippen LogP contribution is 2.34. The van der Waals surface area contributed by atoms with Gasteiger partial charge in [0.1, 0.15) is 5.75 Å². The zero-order valence-corrected chi connectivity index (χ0v) is 16.7. The average Bonchev–Trinajstić information content (AvgIpc) is 3.04. The highest BCUT2D eigenvalue weighted by atomic mass is 16.5. The molecular weight excluding hydrogens is 358 g/mol. The third-order valence-corrected chi connectivity index (χ3v) is 5.08. The number of carbonyl (C=O) groups is 1. The van der Waals surface area contributed by atoms with E-state index in [0.717, 1.165) is 41.0 Å². The molecule has 0 saturated heterocycles. The van der Waals surface area contributed by atoms with Crippen LogP contribution < -0.4 is 4.74 Å². The normalized spacial score (nSPS) is 14.3. The molecule has 0 aromatic heterocycles. The first-order valence-electron chi connectivity index (χ1n) is 10.1. The van der Waals surface area contributed by atoms with Crippen molar-refractivity contribution in [1.82, 2.24) is 4.90 Å². The number of ether oxygens (including phenoxy) is 1. The fourth-order valence-corrected chi connectivity index (χ4v) is 3.59. The van der Waals surface area contributed by atoms with E-state index in [2.05, 4.69) is 25.1 Å². The fraction of sp³-hybridized carbons (Fsp3) is 0.192. The van der Waals surface area contributed by atoms with E-state index in [1.807, 2.05) is 71.6 Å². The predicted octanol–water partition coefficient (Wildman–Crippen LogP) is 5.72. The third-order valence-electron chi connectivity index (χ3n) is 5.08. The molecule has 1 amide bonds. The lowest BCUT2D eigenvalue weighted by atomic mass is 10.1. The number of fused-ring (bicyclic) bond motifs is 1. The van der Waals surface area contributed by atoms with E-state index in [0.29, 0.717) is 13.2 Å². The molecule has 0 aliphatic carbocycles. The molecule has 3 nitrogen and oxygen atoms in total. The summed E-state index contributed by atoms with van der Waals surface area (Å²) in [6.45, 7) is 3.35. The number of hydrogen-bond acceptors (Lipinski definition) is 2. The number of benzene rings is 3. The van der Waals surface area contributed by atoms with Crippen molar-refractivity contribution in [2.75, 3.05) is 6.61 Å². The molecule has 1 aliphatic heterocycles. The van der Waals surface area contributed by atoms with Crippen molar-refractivity contribution in [3.63, 3.8) is 0 Å². The summed E-state index contributed by atoms with van der Waals surface area (Å²) >= 11 is 0. The molecule has 146 valence electrons. The van der Waals surface area contributed by atoms with Crippen molar-refractivity contribution in [1.29, 1.82) is 0 Å². The Balaban J connectivity index is 1.59. The molecule has 3 heteroatoms. The Morgan fingerprint density at radius 2 is 1.52 bits per heavy atom. The molecule has 4 rings (SSSR count). The molecule has 3 aromatic rings. The molecule has 1 heterocycles. The van der Waals surface area contributed by atoms with Gasteiger partial charge in [0, 0.05) is 16.8 Å². The van der Waals surface area contributed by atoms with Crippen LogP contribution >= 0.6 is 0 Å². The SMILES string of the molecule is CCCOc1ccc(CN2C(=O)c3ccccc3/C2=C\Cc2ccccc2)cc1. The van der Waals surface area contributed by atoms with Crippen molar-refractivity contribution in [2.45, 2.75) is 26.3 Å². The van der Waals surface area contributed by atoms with E-state index < -0.39 is 0 Å². The van der Waals surface area contributed by atoms with Crippen LogP contribution in [0.15, 0.2) is 84.9 Å². The van der Waals surface area contributed by atoms with Gasteiger partial charge in [-0.15, -0.1) is 0 Å². The Labute approximate surface area is 172 Å². The lowest BCUT2D eigenvalue weighted by Crippen LogP contribution is -2.22. The van der Waals surface area contributed by atoms with Gasteiger partial charge in [0.15, 0.2) is 0 Å². The Morgan fingerprint density at radius 3 is 2.24 bits per heavy atom. The van der Waals surface area contributed by atoms with Crippen LogP contribution in [0.4, 0.5) is 0 Å². The van der Waals surface area contributed by atoms with Crippen LogP contribution in [0.1, 0.15) is 40.4 Å². The summed E-state index contributed by atoms with van der Waals surface area (Å²) in [4.78, 5) is 15.0. The van der Waals surface area contributed by atoms with Crippen LogP contribution in [-0.2, 0) is 13.0 Å². The number of carbonyl (C=O) groups excluding carboxylic acids is 1. The maximum Gasteiger partial charge on any atom is 0.259 e. The van der Waals surface area contributed by atoms with Crippen LogP contribution in [0.5, 0.6) is 5.75 Å². The van der Waals surface area contributed by atoms with Crippen LogP contribution in [0.25, 0.3) is 5.70 Å². The standard InChI is InChI=1S/C26H25NO2/c1-2-18-29-22-15-12-21(13-16-22)19-27-25(17-14-20-8-4-3-5-9-20)23-10-6-7-11-24(23)26(27)28/h3-13,15-17H,2,14,18-19H2,1H3/b25-17+. The molecule has 0 fully saturated rings. The maximum absolute atomic E-state index is 13.1. The number of allylic oxidation sites excluding steroid dienone is 1. The smallest absolute Gasteiger partial charge is 0.259 e. The third kappa shape index (κ3) is 4.24. The molecule has 0 unspecified atom stereocenters. The van der Waals surface area contributed by atoms with E-state index in [1.54, 1.807) is 0 Å². The molecule has 0 N–H and O–H groups in total. The first-order valence-corrected chi connectivity index (χ1v) is 10.1. The van der Waals surface area contributed by atoms with Crippen LogP contribution in [-0.4, -0.2) is 17.4 Å². The van der Waals surface area contributed by atoms with Gasteiger partial charge in [0.25, 0.3) is 5.91 Å². The van der Waals surface area contributed by atoms with Gasteiger partial charge in [0.05, 0.1) is 13.2 Å². The minimum atomic E-state index is 0.0613. The first-order chi connectivity index (χ1) is 14.3. The number of rotatable bonds is 7. The first kappa shape index (κ1) is 19.0. The monoisotopic (exact) mass is 383 g/mol. The second kappa shape index (κ2) is 8.78. The number of hydrogen-bond donors (Lipinski definition) is 0. The lowest BCUT2D eigenvalue weighted by Gasteiger charge is -2.19. The van der Waals surface area contributed by atoms with Gasteiger partial charge in [-0.2, -0.15) is 0 Å². The number of amides is 1. The average molecular weight is 383 g/mol. The van der Waals surface area contributed by atoms with E-state index in [-0.39, 0.29) is 5.91 Å². The van der Waals surface area contributed by atoms with Crippen molar-refractivity contribution in [3.05, 3.63) is 107 Å². The summed E-state index contributed by atoms with van der Waals surface area (Å²) in [5.74, 6) is 0.928. The quantitative estimate of drug-likeness (QED) is 0.523. The van der Waals surface area contributed by atoms with E-state index in [4.69, 9.17) is 4.74 Å². The van der Waals surface area contributed by atoms with Crippen molar-refractivity contribution < 1.29 is 9.53 Å². The largest absolute Gasteiger partial charge is 0.494 e. The lowest BCUT2D eigenvalue weighted by molar-refractivity contribution is 0.0843. The van der Waals surface area contributed by atoms with Crippen molar-refractivity contribution >= 4 is 11.6 Å². The van der Waals surface area contributed by atoms with Gasteiger partial charge in [0.2, 0.25) is 0 Å². The zero-order chi connectivity index (χ0) is 20.1. The van der Waals surface area contributed by atoms with Gasteiger partial charge in [-0.1, -0.05) is 73.7 Å². The van der Waals surface area contributed by atoms with E-state index in [1.165, 1.54) is 5.56 Å². The molecule has 0 saturated carbocycles. The summed E-state index contributed by atoms with van der Waals surface area (Å²) in [7, 11) is 0. The van der Waals surface area contributed by atoms with Gasteiger partial charge in [-0.25, -0.2) is 0 Å². The van der Waals surface area contributed by atoms with Crippen LogP contribution in [0, 0.1) is 0 Å². The highest BCUT2D eigenvalue weighted by molar-refractivity contribution is 6.09. The van der Waals surface area contributed by atoms with Crippen LogP contribution in [0.3, 0.4) is 0 Å². The van der Waals surface area contributed by atoms with Gasteiger partial charge in [-0.05, 0) is 42.2 Å². The molecule has 1 aliphatic rings. The minimum absolute atomic E-state index is 0.0613. The highest BCUT2D eigenvalue weighted by Gasteiger charge is 2.31. The second-order valence-electron chi connectivity index (χ2n) is 7.21. The Bertz CT molecular complexity index is 1010. The van der Waals surface area contributed by atoms with Crippen LogP contribution in [0.2, 0.25) is 0 Å². The summed E-state index contributed by atoms with van der Waals surface area (Å²) in [5.41, 5.74) is 5.08. The summed E-state index contributed by atoms with van der Waals surface area (Å²) in [5, 5.41) is 0. The van der Waals surface area contributed by atoms with Gasteiger partial charge >= 0.3 is 0 Å². The fourth-order valence-electron chi connectivity index (χ4n) is 3.59. The Kier molecular flexibility index (Phi) is 5.76. The second-order valence-corrected chi connectivity index (χ2v) is 7.21. The van der Waals surface area contributed by atoms with Crippen molar-refractivity contribution in [3.8, 4) is 5.75 Å². The molecule has 0 radical (unpaired) electrons. The molecule has 29 heavy (non-hydrogen) atoms. The van der Waals surface area contributed by atoms with Gasteiger partial charge < -0.3 is 9.64 Å². The minimum Gasteiger partial charge on any atom is -0.494 e. The Hall–Kier alpha value is -3.33. The summed E-state index contributed by atoms with van der Waals surface area (Å²) in [6, 6.07) is 26.2. The molecular formula is C26H25NO2. The number of nitrogens with zero attached hydrogens (tertiary/aromatic N) is 1. The van der Waals surface area contributed by atoms with Gasteiger partial charge in [-0.3, -0.25) is 4.79 Å². The zero-order valence-electron chi connectivity index (χ0n) is 16.7. The topological polar surface area (TPSA) is 29.5 Å². The van der Waals surface area contributed by atoms with E-state index in [9.17, 15) is 4.79 Å². The summed E-state index contributed by atoms with van der Waals surface area (Å²) < 4.78 is 5.67. The van der Waals surface area contributed by atoms with Crippen molar-refractivity contribution in [2.24, 2.45) is 0 Å². The maximum atomic E-state index is 13.1. The molecule has 3 aromatic carbocycles. The Morgan fingerprint density at radius 1 is 0.828 bits per heavy atom. The molecule has 0 atom stereocenters.